The first kappa shape index (κ1) is 11.9. The third-order valence-electron chi connectivity index (χ3n) is 0.771. The van der Waals surface area contributed by atoms with E-state index in [0.29, 0.717) is 0 Å². The number of aliphatic hydroxyl groups is 1. The van der Waals surface area contributed by atoms with Gasteiger partial charge in [-0.2, -0.15) is 0 Å². The topological polar surface area (TPSA) is 20.2 Å². The van der Waals surface area contributed by atoms with E-state index in [0.717, 1.165) is 11.0 Å². The van der Waals surface area contributed by atoms with E-state index in [1.54, 1.807) is 0 Å². The summed E-state index contributed by atoms with van der Waals surface area (Å²) in [6.07, 6.45) is 0. The van der Waals surface area contributed by atoms with Crippen LogP contribution >= 0.6 is 0 Å². The van der Waals surface area contributed by atoms with E-state index < -0.39 is 0 Å². The standard InChI is InChI=1S/C5H14NO.Ca.2H/c1-6(2,3)4-5-7;;;/h7H,4-5H2,1-3H3;;;/q+1;+2;2*-1. The van der Waals surface area contributed by atoms with Crippen LogP contribution in [0.2, 0.25) is 0 Å². The Balaban J connectivity index is -0.0000000600. The van der Waals surface area contributed by atoms with Gasteiger partial charge in [0.15, 0.2) is 0 Å². The van der Waals surface area contributed by atoms with E-state index in [1.807, 2.05) is 0 Å². The predicted octanol–water partition coefficient (Wildman–Crippen LogP) is -0.471. The molecule has 0 atom stereocenters. The first-order valence-electron chi connectivity index (χ1n) is 2.47. The molecule has 0 heterocycles. The van der Waals surface area contributed by atoms with E-state index >= 15 is 0 Å². The first-order chi connectivity index (χ1) is 3.06. The molecule has 8 heavy (non-hydrogen) atoms. The fourth-order valence-corrected chi connectivity index (χ4v) is 0.300. The van der Waals surface area contributed by atoms with Gasteiger partial charge in [0, 0.05) is 0 Å². The number of rotatable bonds is 2. The predicted molar refractivity (Wildman–Crippen MR) is 38.0 cm³/mol. The molecule has 0 spiro atoms. The molecule has 0 aliphatic carbocycles. The molecule has 1 N–H and O–H groups in total. The largest absolute Gasteiger partial charge is 2.00 e. The molecule has 2 nitrogen and oxygen atoms in total. The molecule has 0 saturated heterocycles. The van der Waals surface area contributed by atoms with E-state index in [4.69, 9.17) is 5.11 Å². The Labute approximate surface area is 84.0 Å². The summed E-state index contributed by atoms with van der Waals surface area (Å²) in [5.41, 5.74) is 0. The average Bonchev–Trinajstić information content (AvgIpc) is 1.30. The van der Waals surface area contributed by atoms with Gasteiger partial charge in [0.25, 0.3) is 0 Å². The van der Waals surface area contributed by atoms with Crippen LogP contribution in [0.4, 0.5) is 0 Å². The molecule has 0 radical (unpaired) electrons. The van der Waals surface area contributed by atoms with Gasteiger partial charge >= 0.3 is 37.7 Å². The Morgan fingerprint density at radius 3 is 1.75 bits per heavy atom. The van der Waals surface area contributed by atoms with Gasteiger partial charge in [-0.05, 0) is 0 Å². The van der Waals surface area contributed by atoms with Crippen molar-refractivity contribution in [3.05, 3.63) is 0 Å². The summed E-state index contributed by atoms with van der Waals surface area (Å²) in [5, 5.41) is 8.39. The van der Waals surface area contributed by atoms with Gasteiger partial charge in [0.05, 0.1) is 27.7 Å². The Kier molecular flexibility index (Phi) is 7.45. The van der Waals surface area contributed by atoms with Crippen LogP contribution in [-0.4, -0.2) is 81.6 Å². The van der Waals surface area contributed by atoms with Gasteiger partial charge in [0.1, 0.15) is 6.54 Å². The van der Waals surface area contributed by atoms with E-state index in [1.165, 1.54) is 0 Å². The molecule has 0 aliphatic heterocycles. The molecular formula is C5H16CaNO+. The maximum absolute atomic E-state index is 8.39. The van der Waals surface area contributed by atoms with Gasteiger partial charge in [-0.15, -0.1) is 0 Å². The van der Waals surface area contributed by atoms with Crippen LogP contribution in [0.3, 0.4) is 0 Å². The molecule has 48 valence electrons. The van der Waals surface area contributed by atoms with Crippen molar-refractivity contribution in [2.45, 2.75) is 0 Å². The minimum absolute atomic E-state index is 0. The quantitative estimate of drug-likeness (QED) is 0.412. The van der Waals surface area contributed by atoms with E-state index in [-0.39, 0.29) is 47.2 Å². The third-order valence-corrected chi connectivity index (χ3v) is 0.771. The van der Waals surface area contributed by atoms with Crippen molar-refractivity contribution >= 4 is 37.7 Å². The Morgan fingerprint density at radius 1 is 1.38 bits per heavy atom. The Hall–Kier alpha value is 1.18. The number of nitrogens with zero attached hydrogens (tertiary/aromatic N) is 1. The molecule has 0 aliphatic rings. The molecule has 0 rings (SSSR count). The molecule has 0 aromatic rings. The summed E-state index contributed by atoms with van der Waals surface area (Å²) in [6.45, 7) is 1.11. The smallest absolute Gasteiger partial charge is 1.00 e. The zero-order chi connectivity index (χ0) is 5.91. The summed E-state index contributed by atoms with van der Waals surface area (Å²) in [6, 6.07) is 0. The number of quaternary nitrogens is 1. The zero-order valence-corrected chi connectivity index (χ0v) is 8.22. The maximum atomic E-state index is 8.39. The Morgan fingerprint density at radius 2 is 1.75 bits per heavy atom. The number of likely N-dealkylation sites (N-methyl/N-ethyl adjacent to an activating group) is 1. The molecular weight excluding hydrogens is 130 g/mol. The molecule has 0 bridgehead atoms. The minimum Gasteiger partial charge on any atom is -1.00 e. The molecule has 0 unspecified atom stereocenters. The SMILES string of the molecule is C[N+](C)(C)CCO.[Ca+2].[H-].[H-]. The van der Waals surface area contributed by atoms with Gasteiger partial charge in [-0.25, -0.2) is 0 Å². The average molecular weight is 146 g/mol. The number of hydrogen-bond donors (Lipinski definition) is 1. The fraction of sp³-hybridized carbons (Fsp3) is 1.00. The van der Waals surface area contributed by atoms with Crippen LogP contribution in [0, 0.1) is 0 Å². The molecule has 0 aromatic carbocycles. The van der Waals surface area contributed by atoms with Crippen LogP contribution in [0.5, 0.6) is 0 Å². The molecule has 0 aromatic heterocycles. The summed E-state index contributed by atoms with van der Waals surface area (Å²) < 4.78 is 0.844. The fourth-order valence-electron chi connectivity index (χ4n) is 0.300. The van der Waals surface area contributed by atoms with Crippen molar-refractivity contribution in [3.8, 4) is 0 Å². The van der Waals surface area contributed by atoms with Crippen molar-refractivity contribution in [2.24, 2.45) is 0 Å². The van der Waals surface area contributed by atoms with Crippen LogP contribution in [0.15, 0.2) is 0 Å². The second-order valence-corrected chi connectivity index (χ2v) is 2.74. The van der Waals surface area contributed by atoms with Gasteiger partial charge < -0.3 is 12.4 Å². The second kappa shape index (κ2) is 5.00. The molecule has 0 saturated carbocycles. The van der Waals surface area contributed by atoms with Gasteiger partial charge in [-0.1, -0.05) is 0 Å². The summed E-state index contributed by atoms with van der Waals surface area (Å²) in [7, 11) is 6.16. The molecule has 3 heteroatoms. The van der Waals surface area contributed by atoms with Crippen LogP contribution < -0.4 is 0 Å². The molecule has 0 fully saturated rings. The monoisotopic (exact) mass is 146 g/mol. The summed E-state index contributed by atoms with van der Waals surface area (Å²) in [4.78, 5) is 0. The van der Waals surface area contributed by atoms with Crippen molar-refractivity contribution in [1.29, 1.82) is 0 Å². The molecule has 0 amide bonds. The summed E-state index contributed by atoms with van der Waals surface area (Å²) in [5.74, 6) is 0. The first-order valence-corrected chi connectivity index (χ1v) is 2.47. The van der Waals surface area contributed by atoms with Gasteiger partial charge in [0.2, 0.25) is 0 Å². The van der Waals surface area contributed by atoms with Crippen molar-refractivity contribution < 1.29 is 12.4 Å². The number of aliphatic hydroxyl groups excluding tert-OH is 1. The second-order valence-electron chi connectivity index (χ2n) is 2.74. The van der Waals surface area contributed by atoms with Crippen LogP contribution in [0.25, 0.3) is 0 Å². The normalized spacial score (nSPS) is 10.5. The van der Waals surface area contributed by atoms with E-state index in [2.05, 4.69) is 21.1 Å². The minimum atomic E-state index is 0. The Bertz CT molecular complexity index is 58.1. The van der Waals surface area contributed by atoms with Crippen molar-refractivity contribution in [2.75, 3.05) is 34.3 Å². The number of hydrogen-bond acceptors (Lipinski definition) is 1. The van der Waals surface area contributed by atoms with Crippen molar-refractivity contribution in [3.63, 3.8) is 0 Å². The van der Waals surface area contributed by atoms with Crippen molar-refractivity contribution in [1.82, 2.24) is 0 Å². The van der Waals surface area contributed by atoms with Gasteiger partial charge in [-0.3, -0.25) is 0 Å². The van der Waals surface area contributed by atoms with E-state index in [9.17, 15) is 0 Å². The zero-order valence-electron chi connectivity index (χ0n) is 8.02. The maximum Gasteiger partial charge on any atom is 2.00 e. The summed E-state index contributed by atoms with van der Waals surface area (Å²) >= 11 is 0. The van der Waals surface area contributed by atoms with Crippen LogP contribution in [0.1, 0.15) is 2.85 Å². The van der Waals surface area contributed by atoms with Crippen LogP contribution in [-0.2, 0) is 0 Å². The third kappa shape index (κ3) is 10.2.